The molecule has 4 nitrogen and oxygen atoms in total. The van der Waals surface area contributed by atoms with Crippen LogP contribution in [0.4, 0.5) is 0 Å². The van der Waals surface area contributed by atoms with E-state index in [1.54, 1.807) is 6.20 Å². The number of hydrogen-bond donors (Lipinski definition) is 2. The number of aromatic amines is 1. The predicted octanol–water partition coefficient (Wildman–Crippen LogP) is 2.45. The number of nitrogens with zero attached hydrogens (tertiary/aromatic N) is 2. The lowest BCUT2D eigenvalue weighted by atomic mass is 10.1. The molecule has 0 amide bonds. The van der Waals surface area contributed by atoms with Crippen LogP contribution >= 0.6 is 0 Å². The minimum absolute atomic E-state index is 0.0613. The van der Waals surface area contributed by atoms with E-state index in [0.717, 1.165) is 23.5 Å². The smallest absolute Gasteiger partial charge is 0.110 e. The number of nitrogens with one attached hydrogen (secondary N) is 1. The Morgan fingerprint density at radius 3 is 2.95 bits per heavy atom. The number of imidazole rings is 1. The zero-order valence-corrected chi connectivity index (χ0v) is 11.2. The Hall–Kier alpha value is -2.07. The third-order valence-electron chi connectivity index (χ3n) is 3.52. The van der Waals surface area contributed by atoms with E-state index in [0.29, 0.717) is 0 Å². The largest absolute Gasteiger partial charge is 0.357 e. The summed E-state index contributed by atoms with van der Waals surface area (Å²) in [5.41, 5.74) is 9.72. The van der Waals surface area contributed by atoms with Gasteiger partial charge in [0.15, 0.2) is 0 Å². The number of H-pyrrole nitrogens is 1. The maximum Gasteiger partial charge on any atom is 0.110 e. The normalized spacial score (nSPS) is 13.0. The van der Waals surface area contributed by atoms with E-state index in [-0.39, 0.29) is 6.04 Å². The van der Waals surface area contributed by atoms with Gasteiger partial charge in [-0.2, -0.15) is 0 Å². The molecule has 0 aliphatic rings. The number of fused-ring (bicyclic) bond motifs is 1. The van der Waals surface area contributed by atoms with Gasteiger partial charge in [-0.05, 0) is 30.0 Å². The molecule has 19 heavy (non-hydrogen) atoms. The molecule has 1 atom stereocenters. The summed E-state index contributed by atoms with van der Waals surface area (Å²) in [6.07, 6.45) is 4.47. The van der Waals surface area contributed by atoms with Crippen molar-refractivity contribution in [3.05, 3.63) is 53.7 Å². The molecular weight excluding hydrogens is 236 g/mol. The number of aromatic nitrogens is 3. The topological polar surface area (TPSA) is 59.6 Å². The first-order chi connectivity index (χ1) is 9.13. The highest BCUT2D eigenvalue weighted by Gasteiger charge is 2.12. The zero-order chi connectivity index (χ0) is 13.4. The number of benzene rings is 1. The first kappa shape index (κ1) is 12.0. The lowest BCUT2D eigenvalue weighted by Gasteiger charge is -2.09. The van der Waals surface area contributed by atoms with Crippen LogP contribution < -0.4 is 5.73 Å². The molecule has 3 aromatic rings. The van der Waals surface area contributed by atoms with Crippen molar-refractivity contribution in [2.24, 2.45) is 12.8 Å². The molecular formula is C15H18N4. The highest BCUT2D eigenvalue weighted by molar-refractivity contribution is 5.81. The van der Waals surface area contributed by atoms with Crippen LogP contribution in [-0.2, 0) is 13.5 Å². The standard InChI is InChI=1S/C15H18N4/c1-10-3-4-11-8-14(18-13(11)7-10)12(16)9-15-17-5-6-19(15)2/h3-8,12,18H,9,16H2,1-2H3. The van der Waals surface area contributed by atoms with Gasteiger partial charge in [0, 0.05) is 37.1 Å². The van der Waals surface area contributed by atoms with Crippen molar-refractivity contribution in [2.75, 3.05) is 0 Å². The molecule has 0 aliphatic heterocycles. The molecule has 0 fully saturated rings. The quantitative estimate of drug-likeness (QED) is 0.754. The first-order valence-electron chi connectivity index (χ1n) is 6.44. The first-order valence-corrected chi connectivity index (χ1v) is 6.44. The average Bonchev–Trinajstić information content (AvgIpc) is 2.96. The number of rotatable bonds is 3. The molecule has 1 aromatic carbocycles. The van der Waals surface area contributed by atoms with E-state index >= 15 is 0 Å². The minimum atomic E-state index is -0.0613. The minimum Gasteiger partial charge on any atom is -0.357 e. The van der Waals surface area contributed by atoms with Gasteiger partial charge in [-0.1, -0.05) is 12.1 Å². The molecule has 0 saturated carbocycles. The Bertz CT molecular complexity index is 708. The third-order valence-corrected chi connectivity index (χ3v) is 3.52. The van der Waals surface area contributed by atoms with Crippen molar-refractivity contribution in [3.63, 3.8) is 0 Å². The molecule has 2 aromatic heterocycles. The maximum atomic E-state index is 6.27. The maximum absolute atomic E-state index is 6.27. The molecule has 3 N–H and O–H groups in total. The number of aryl methyl sites for hydroxylation is 2. The summed E-state index contributed by atoms with van der Waals surface area (Å²) in [4.78, 5) is 7.72. The highest BCUT2D eigenvalue weighted by Crippen LogP contribution is 2.21. The fraction of sp³-hybridized carbons (Fsp3) is 0.267. The van der Waals surface area contributed by atoms with Crippen LogP contribution in [0.5, 0.6) is 0 Å². The van der Waals surface area contributed by atoms with E-state index in [2.05, 4.69) is 41.2 Å². The van der Waals surface area contributed by atoms with Crippen molar-refractivity contribution < 1.29 is 0 Å². The molecule has 0 spiro atoms. The Labute approximate surface area is 112 Å². The fourth-order valence-corrected chi connectivity index (χ4v) is 2.36. The monoisotopic (exact) mass is 254 g/mol. The average molecular weight is 254 g/mol. The predicted molar refractivity (Wildman–Crippen MR) is 76.9 cm³/mol. The van der Waals surface area contributed by atoms with Gasteiger partial charge < -0.3 is 15.3 Å². The van der Waals surface area contributed by atoms with Crippen LogP contribution in [0.3, 0.4) is 0 Å². The summed E-state index contributed by atoms with van der Waals surface area (Å²) in [5.74, 6) is 1.00. The van der Waals surface area contributed by atoms with Crippen molar-refractivity contribution in [2.45, 2.75) is 19.4 Å². The van der Waals surface area contributed by atoms with Gasteiger partial charge in [-0.3, -0.25) is 0 Å². The Morgan fingerprint density at radius 1 is 1.37 bits per heavy atom. The van der Waals surface area contributed by atoms with Gasteiger partial charge in [-0.15, -0.1) is 0 Å². The van der Waals surface area contributed by atoms with E-state index in [9.17, 15) is 0 Å². The number of nitrogens with two attached hydrogens (primary N) is 1. The van der Waals surface area contributed by atoms with E-state index in [4.69, 9.17) is 5.73 Å². The second kappa shape index (κ2) is 4.55. The molecule has 4 heteroatoms. The van der Waals surface area contributed by atoms with Gasteiger partial charge in [0.05, 0.1) is 6.04 Å². The molecule has 1 unspecified atom stereocenters. The summed E-state index contributed by atoms with van der Waals surface area (Å²) < 4.78 is 2.01. The van der Waals surface area contributed by atoms with Crippen LogP contribution in [0.1, 0.15) is 23.1 Å². The highest BCUT2D eigenvalue weighted by atomic mass is 15.0. The van der Waals surface area contributed by atoms with Crippen molar-refractivity contribution in [1.82, 2.24) is 14.5 Å². The van der Waals surface area contributed by atoms with Crippen LogP contribution in [0, 0.1) is 6.92 Å². The van der Waals surface area contributed by atoms with Crippen molar-refractivity contribution in [1.29, 1.82) is 0 Å². The van der Waals surface area contributed by atoms with Gasteiger partial charge in [0.2, 0.25) is 0 Å². The molecule has 2 heterocycles. The van der Waals surface area contributed by atoms with Gasteiger partial charge in [-0.25, -0.2) is 4.98 Å². The van der Waals surface area contributed by atoms with Crippen LogP contribution in [0.2, 0.25) is 0 Å². The van der Waals surface area contributed by atoms with Crippen LogP contribution in [0.25, 0.3) is 10.9 Å². The van der Waals surface area contributed by atoms with Crippen LogP contribution in [0.15, 0.2) is 36.7 Å². The molecule has 3 rings (SSSR count). The summed E-state index contributed by atoms with van der Waals surface area (Å²) in [6.45, 7) is 2.09. The molecule has 0 radical (unpaired) electrons. The Balaban J connectivity index is 1.89. The van der Waals surface area contributed by atoms with E-state index in [1.807, 2.05) is 17.8 Å². The van der Waals surface area contributed by atoms with Gasteiger partial charge in [0.1, 0.15) is 5.82 Å². The second-order valence-electron chi connectivity index (χ2n) is 5.08. The zero-order valence-electron chi connectivity index (χ0n) is 11.2. The van der Waals surface area contributed by atoms with Crippen molar-refractivity contribution in [3.8, 4) is 0 Å². The summed E-state index contributed by atoms with van der Waals surface area (Å²) in [6, 6.07) is 8.45. The SMILES string of the molecule is Cc1ccc2cc(C(N)Cc3nccn3C)[nH]c2c1. The van der Waals surface area contributed by atoms with Gasteiger partial charge >= 0.3 is 0 Å². The summed E-state index contributed by atoms with van der Waals surface area (Å²) in [7, 11) is 1.99. The summed E-state index contributed by atoms with van der Waals surface area (Å²) in [5, 5.41) is 1.20. The Morgan fingerprint density at radius 2 is 2.21 bits per heavy atom. The van der Waals surface area contributed by atoms with Crippen LogP contribution in [-0.4, -0.2) is 14.5 Å². The third kappa shape index (κ3) is 2.27. The van der Waals surface area contributed by atoms with E-state index < -0.39 is 0 Å². The molecule has 98 valence electrons. The summed E-state index contributed by atoms with van der Waals surface area (Å²) >= 11 is 0. The lowest BCUT2D eigenvalue weighted by Crippen LogP contribution is -2.16. The lowest BCUT2D eigenvalue weighted by molar-refractivity contribution is 0.648. The molecule has 0 bridgehead atoms. The molecule has 0 saturated heterocycles. The van der Waals surface area contributed by atoms with E-state index in [1.165, 1.54) is 10.9 Å². The molecule has 0 aliphatic carbocycles. The number of hydrogen-bond acceptors (Lipinski definition) is 2. The van der Waals surface area contributed by atoms with Gasteiger partial charge in [0.25, 0.3) is 0 Å². The van der Waals surface area contributed by atoms with Crippen molar-refractivity contribution >= 4 is 10.9 Å². The fourth-order valence-electron chi connectivity index (χ4n) is 2.36. The Kier molecular flexibility index (Phi) is 2.87. The second-order valence-corrected chi connectivity index (χ2v) is 5.08.